The lowest BCUT2D eigenvalue weighted by molar-refractivity contribution is 0.110. The second-order valence-electron chi connectivity index (χ2n) is 6.50. The highest BCUT2D eigenvalue weighted by Gasteiger charge is 2.30. The average Bonchev–Trinajstić information content (AvgIpc) is 2.55. The van der Waals surface area contributed by atoms with Crippen molar-refractivity contribution in [1.82, 2.24) is 4.90 Å². The third-order valence-electron chi connectivity index (χ3n) is 4.64. The van der Waals surface area contributed by atoms with Gasteiger partial charge in [-0.15, -0.1) is 0 Å². The maximum absolute atomic E-state index is 6.22. The van der Waals surface area contributed by atoms with E-state index in [0.717, 1.165) is 19.5 Å². The van der Waals surface area contributed by atoms with E-state index >= 15 is 0 Å². The predicted octanol–water partition coefficient (Wildman–Crippen LogP) is 4.22. The first kappa shape index (κ1) is 17.0. The fourth-order valence-corrected chi connectivity index (χ4v) is 3.36. The SMILES string of the molecule is CCCN(CCC)C(C)(CN)Cc1cccc2ccccc12. The van der Waals surface area contributed by atoms with Gasteiger partial charge in [-0.2, -0.15) is 0 Å². The zero-order chi connectivity index (χ0) is 16.0. The van der Waals surface area contributed by atoms with Crippen molar-refractivity contribution in [3.8, 4) is 0 Å². The molecule has 2 aromatic carbocycles. The Morgan fingerprint density at radius 1 is 0.955 bits per heavy atom. The summed E-state index contributed by atoms with van der Waals surface area (Å²) in [5, 5.41) is 2.68. The summed E-state index contributed by atoms with van der Waals surface area (Å²) in [6, 6.07) is 15.3. The number of fused-ring (bicyclic) bond motifs is 1. The van der Waals surface area contributed by atoms with E-state index in [1.54, 1.807) is 0 Å². The third kappa shape index (κ3) is 3.68. The molecule has 22 heavy (non-hydrogen) atoms. The smallest absolute Gasteiger partial charge is 0.0344 e. The molecule has 1 atom stereocenters. The van der Waals surface area contributed by atoms with Gasteiger partial charge in [-0.1, -0.05) is 56.3 Å². The number of hydrogen-bond acceptors (Lipinski definition) is 2. The van der Waals surface area contributed by atoms with Gasteiger partial charge in [0.2, 0.25) is 0 Å². The van der Waals surface area contributed by atoms with Crippen LogP contribution in [0, 0.1) is 0 Å². The zero-order valence-corrected chi connectivity index (χ0v) is 14.3. The molecule has 0 aromatic heterocycles. The number of nitrogens with two attached hydrogens (primary N) is 1. The predicted molar refractivity (Wildman–Crippen MR) is 97.3 cm³/mol. The summed E-state index contributed by atoms with van der Waals surface area (Å²) in [7, 11) is 0. The van der Waals surface area contributed by atoms with Crippen LogP contribution in [0.5, 0.6) is 0 Å². The zero-order valence-electron chi connectivity index (χ0n) is 14.3. The van der Waals surface area contributed by atoms with Crippen LogP contribution in [0.15, 0.2) is 42.5 Å². The second kappa shape index (κ2) is 7.75. The summed E-state index contributed by atoms with van der Waals surface area (Å²) in [5.74, 6) is 0. The molecule has 0 aliphatic heterocycles. The molecular weight excluding hydrogens is 268 g/mol. The van der Waals surface area contributed by atoms with Crippen LogP contribution in [0.4, 0.5) is 0 Å². The molecule has 0 aliphatic rings. The van der Waals surface area contributed by atoms with Gasteiger partial charge >= 0.3 is 0 Å². The van der Waals surface area contributed by atoms with Crippen molar-refractivity contribution in [2.75, 3.05) is 19.6 Å². The Morgan fingerprint density at radius 2 is 1.59 bits per heavy atom. The first-order valence-corrected chi connectivity index (χ1v) is 8.56. The molecule has 1 unspecified atom stereocenters. The molecule has 2 nitrogen and oxygen atoms in total. The summed E-state index contributed by atoms with van der Waals surface area (Å²) in [5.41, 5.74) is 7.65. The van der Waals surface area contributed by atoms with Crippen LogP contribution in [0.25, 0.3) is 10.8 Å². The molecule has 2 heteroatoms. The summed E-state index contributed by atoms with van der Waals surface area (Å²) in [6.45, 7) is 9.74. The van der Waals surface area contributed by atoms with Gasteiger partial charge in [-0.3, -0.25) is 4.90 Å². The minimum absolute atomic E-state index is 0.0240. The summed E-state index contributed by atoms with van der Waals surface area (Å²) in [6.07, 6.45) is 3.35. The maximum Gasteiger partial charge on any atom is 0.0344 e. The van der Waals surface area contributed by atoms with Gasteiger partial charge in [0, 0.05) is 12.1 Å². The van der Waals surface area contributed by atoms with Gasteiger partial charge in [0.1, 0.15) is 0 Å². The molecule has 0 saturated carbocycles. The number of benzene rings is 2. The third-order valence-corrected chi connectivity index (χ3v) is 4.64. The molecule has 0 heterocycles. The first-order valence-electron chi connectivity index (χ1n) is 8.56. The van der Waals surface area contributed by atoms with Crippen molar-refractivity contribution >= 4 is 10.8 Å². The Hall–Kier alpha value is -1.38. The Balaban J connectivity index is 2.34. The van der Waals surface area contributed by atoms with Crippen LogP contribution in [-0.4, -0.2) is 30.1 Å². The minimum Gasteiger partial charge on any atom is -0.329 e. The summed E-state index contributed by atoms with van der Waals surface area (Å²) >= 11 is 0. The lowest BCUT2D eigenvalue weighted by Crippen LogP contribution is -2.53. The maximum atomic E-state index is 6.22. The van der Waals surface area contributed by atoms with Gasteiger partial charge in [-0.25, -0.2) is 0 Å². The fraction of sp³-hybridized carbons (Fsp3) is 0.500. The van der Waals surface area contributed by atoms with Crippen molar-refractivity contribution in [2.45, 2.75) is 45.6 Å². The normalized spacial score (nSPS) is 14.4. The molecule has 2 rings (SSSR count). The van der Waals surface area contributed by atoms with Crippen molar-refractivity contribution in [1.29, 1.82) is 0 Å². The number of hydrogen-bond donors (Lipinski definition) is 1. The van der Waals surface area contributed by atoms with Gasteiger partial charge < -0.3 is 5.73 Å². The standard InChI is InChI=1S/C20H30N2/c1-4-13-22(14-5-2)20(3,16-21)15-18-11-8-10-17-9-6-7-12-19(17)18/h6-12H,4-5,13-16,21H2,1-3H3. The summed E-state index contributed by atoms with van der Waals surface area (Å²) in [4.78, 5) is 2.58. The largest absolute Gasteiger partial charge is 0.329 e. The minimum atomic E-state index is 0.0240. The lowest BCUT2D eigenvalue weighted by atomic mass is 9.88. The highest BCUT2D eigenvalue weighted by atomic mass is 15.2. The monoisotopic (exact) mass is 298 g/mol. The molecule has 120 valence electrons. The molecule has 0 amide bonds. The lowest BCUT2D eigenvalue weighted by Gasteiger charge is -2.41. The van der Waals surface area contributed by atoms with Gasteiger partial charge in [0.05, 0.1) is 0 Å². The Morgan fingerprint density at radius 3 is 2.23 bits per heavy atom. The quantitative estimate of drug-likeness (QED) is 0.790. The van der Waals surface area contributed by atoms with Crippen LogP contribution in [-0.2, 0) is 6.42 Å². The average molecular weight is 298 g/mol. The fourth-order valence-electron chi connectivity index (χ4n) is 3.36. The van der Waals surface area contributed by atoms with Crippen molar-refractivity contribution < 1.29 is 0 Å². The molecule has 0 radical (unpaired) electrons. The Labute approximate surface area is 135 Å². The molecule has 0 fully saturated rings. The van der Waals surface area contributed by atoms with E-state index in [0.29, 0.717) is 6.54 Å². The van der Waals surface area contributed by atoms with E-state index in [9.17, 15) is 0 Å². The molecule has 0 saturated heterocycles. The van der Waals surface area contributed by atoms with E-state index in [1.165, 1.54) is 29.2 Å². The van der Waals surface area contributed by atoms with Crippen LogP contribution < -0.4 is 5.73 Å². The first-order chi connectivity index (χ1) is 10.6. The van der Waals surface area contributed by atoms with E-state index in [2.05, 4.69) is 68.1 Å². The van der Waals surface area contributed by atoms with E-state index in [4.69, 9.17) is 5.73 Å². The van der Waals surface area contributed by atoms with E-state index in [1.807, 2.05) is 0 Å². The van der Waals surface area contributed by atoms with Crippen molar-refractivity contribution in [3.63, 3.8) is 0 Å². The van der Waals surface area contributed by atoms with Gasteiger partial charge in [-0.05, 0) is 55.6 Å². The topological polar surface area (TPSA) is 29.3 Å². The van der Waals surface area contributed by atoms with Gasteiger partial charge in [0.25, 0.3) is 0 Å². The van der Waals surface area contributed by atoms with Crippen LogP contribution >= 0.6 is 0 Å². The van der Waals surface area contributed by atoms with Gasteiger partial charge in [0.15, 0.2) is 0 Å². The molecule has 0 bridgehead atoms. The van der Waals surface area contributed by atoms with Crippen molar-refractivity contribution in [2.24, 2.45) is 5.73 Å². The number of rotatable bonds is 8. The van der Waals surface area contributed by atoms with Crippen LogP contribution in [0.2, 0.25) is 0 Å². The molecule has 2 aromatic rings. The number of nitrogens with zero attached hydrogens (tertiary/aromatic N) is 1. The van der Waals surface area contributed by atoms with Crippen molar-refractivity contribution in [3.05, 3.63) is 48.0 Å². The molecule has 0 aliphatic carbocycles. The van der Waals surface area contributed by atoms with E-state index in [-0.39, 0.29) is 5.54 Å². The highest BCUT2D eigenvalue weighted by molar-refractivity contribution is 5.85. The van der Waals surface area contributed by atoms with Crippen LogP contribution in [0.1, 0.15) is 39.2 Å². The second-order valence-corrected chi connectivity index (χ2v) is 6.50. The van der Waals surface area contributed by atoms with Crippen LogP contribution in [0.3, 0.4) is 0 Å². The molecule has 2 N–H and O–H groups in total. The summed E-state index contributed by atoms with van der Waals surface area (Å²) < 4.78 is 0. The highest BCUT2D eigenvalue weighted by Crippen LogP contribution is 2.26. The Bertz CT molecular complexity index is 582. The molecular formula is C20H30N2. The Kier molecular flexibility index (Phi) is 5.98. The molecule has 0 spiro atoms. The van der Waals surface area contributed by atoms with E-state index < -0.39 is 0 Å².